The van der Waals surface area contributed by atoms with E-state index in [1.165, 1.54) is 0 Å². The molecule has 0 saturated heterocycles. The molecule has 1 aliphatic heterocycles. The van der Waals surface area contributed by atoms with Crippen molar-refractivity contribution in [3.8, 4) is 11.5 Å². The van der Waals surface area contributed by atoms with Gasteiger partial charge in [0.15, 0.2) is 0 Å². The van der Waals surface area contributed by atoms with Gasteiger partial charge in [0.05, 0.1) is 31.2 Å². The topological polar surface area (TPSA) is 67.9 Å². The Morgan fingerprint density at radius 2 is 1.62 bits per heavy atom. The Morgan fingerprint density at radius 1 is 0.875 bits per heavy atom. The van der Waals surface area contributed by atoms with Crippen LogP contribution < -0.4 is 19.7 Å². The van der Waals surface area contributed by atoms with Crippen molar-refractivity contribution in [3.05, 3.63) is 88.6 Å². The van der Waals surface area contributed by atoms with Gasteiger partial charge in [0, 0.05) is 5.02 Å². The SMILES string of the molecule is COc1ccc(C2=C(Nc3cc(C)ccc3OC)C(=O)N(c3cccc(Cl)c3)C2=O)cc1. The first-order valence-electron chi connectivity index (χ1n) is 9.87. The van der Waals surface area contributed by atoms with Gasteiger partial charge in [0.1, 0.15) is 17.2 Å². The Balaban J connectivity index is 1.85. The Kier molecular flexibility index (Phi) is 5.88. The van der Waals surface area contributed by atoms with E-state index in [0.717, 1.165) is 10.5 Å². The summed E-state index contributed by atoms with van der Waals surface area (Å²) in [5.41, 5.74) is 2.95. The van der Waals surface area contributed by atoms with E-state index < -0.39 is 11.8 Å². The van der Waals surface area contributed by atoms with E-state index in [1.807, 2.05) is 19.1 Å². The summed E-state index contributed by atoms with van der Waals surface area (Å²) in [6.45, 7) is 1.93. The Hall–Kier alpha value is -3.77. The molecule has 162 valence electrons. The Morgan fingerprint density at radius 3 is 2.28 bits per heavy atom. The van der Waals surface area contributed by atoms with Crippen molar-refractivity contribution in [3.63, 3.8) is 0 Å². The molecule has 0 atom stereocenters. The molecule has 1 N–H and O–H groups in total. The third-order valence-electron chi connectivity index (χ3n) is 5.14. The zero-order valence-electron chi connectivity index (χ0n) is 17.8. The Labute approximate surface area is 191 Å². The van der Waals surface area contributed by atoms with Gasteiger partial charge >= 0.3 is 0 Å². The zero-order chi connectivity index (χ0) is 22.8. The average Bonchev–Trinajstić information content (AvgIpc) is 3.03. The number of benzene rings is 3. The smallest absolute Gasteiger partial charge is 0.282 e. The average molecular weight is 449 g/mol. The molecule has 32 heavy (non-hydrogen) atoms. The highest BCUT2D eigenvalue weighted by Crippen LogP contribution is 2.36. The number of ether oxygens (including phenoxy) is 2. The van der Waals surface area contributed by atoms with E-state index in [9.17, 15) is 9.59 Å². The van der Waals surface area contributed by atoms with E-state index in [-0.39, 0.29) is 11.3 Å². The van der Waals surface area contributed by atoms with Crippen LogP contribution in [-0.2, 0) is 9.59 Å². The monoisotopic (exact) mass is 448 g/mol. The van der Waals surface area contributed by atoms with Gasteiger partial charge in [-0.3, -0.25) is 9.59 Å². The number of anilines is 2. The molecule has 0 spiro atoms. The summed E-state index contributed by atoms with van der Waals surface area (Å²) in [5, 5.41) is 3.58. The molecule has 0 fully saturated rings. The van der Waals surface area contributed by atoms with Crippen LogP contribution in [-0.4, -0.2) is 26.0 Å². The molecule has 3 aromatic carbocycles. The van der Waals surface area contributed by atoms with Crippen LogP contribution in [0, 0.1) is 6.92 Å². The van der Waals surface area contributed by atoms with Crippen molar-refractivity contribution >= 4 is 40.4 Å². The fourth-order valence-electron chi connectivity index (χ4n) is 3.58. The van der Waals surface area contributed by atoms with Gasteiger partial charge in [-0.05, 0) is 60.5 Å². The first kappa shape index (κ1) is 21.5. The van der Waals surface area contributed by atoms with Gasteiger partial charge in [0.25, 0.3) is 11.8 Å². The van der Waals surface area contributed by atoms with Crippen molar-refractivity contribution in [1.82, 2.24) is 0 Å². The number of aryl methyl sites for hydroxylation is 1. The maximum Gasteiger partial charge on any atom is 0.282 e. The van der Waals surface area contributed by atoms with Gasteiger partial charge in [-0.15, -0.1) is 0 Å². The van der Waals surface area contributed by atoms with Crippen LogP contribution in [0.3, 0.4) is 0 Å². The summed E-state index contributed by atoms with van der Waals surface area (Å²) in [5.74, 6) is 0.273. The third kappa shape index (κ3) is 3.92. The van der Waals surface area contributed by atoms with Crippen molar-refractivity contribution in [2.45, 2.75) is 6.92 Å². The quantitative estimate of drug-likeness (QED) is 0.534. The molecular weight excluding hydrogens is 428 g/mol. The van der Waals surface area contributed by atoms with E-state index in [1.54, 1.807) is 68.8 Å². The van der Waals surface area contributed by atoms with Crippen molar-refractivity contribution in [1.29, 1.82) is 0 Å². The summed E-state index contributed by atoms with van der Waals surface area (Å²) < 4.78 is 10.7. The molecule has 0 aromatic heterocycles. The first-order valence-corrected chi connectivity index (χ1v) is 10.3. The highest BCUT2D eigenvalue weighted by atomic mass is 35.5. The summed E-state index contributed by atoms with van der Waals surface area (Å²) >= 11 is 6.12. The number of halogens is 1. The van der Waals surface area contributed by atoms with Crippen molar-refractivity contribution in [2.24, 2.45) is 0 Å². The number of hydrogen-bond acceptors (Lipinski definition) is 5. The molecule has 0 aliphatic carbocycles. The second-order valence-corrected chi connectivity index (χ2v) is 7.67. The van der Waals surface area contributed by atoms with Crippen LogP contribution >= 0.6 is 11.6 Å². The number of amides is 2. The van der Waals surface area contributed by atoms with Crippen LogP contribution in [0.2, 0.25) is 5.02 Å². The minimum atomic E-state index is -0.480. The number of carbonyl (C=O) groups is 2. The number of hydrogen-bond donors (Lipinski definition) is 1. The molecule has 0 radical (unpaired) electrons. The minimum Gasteiger partial charge on any atom is -0.497 e. The molecule has 1 heterocycles. The van der Waals surface area contributed by atoms with Gasteiger partial charge < -0.3 is 14.8 Å². The number of methoxy groups -OCH3 is 2. The zero-order valence-corrected chi connectivity index (χ0v) is 18.6. The molecule has 3 aromatic rings. The molecule has 4 rings (SSSR count). The van der Waals surface area contributed by atoms with Crippen LogP contribution in [0.15, 0.2) is 72.4 Å². The number of imide groups is 1. The van der Waals surface area contributed by atoms with Gasteiger partial charge in [-0.25, -0.2) is 4.90 Å². The summed E-state index contributed by atoms with van der Waals surface area (Å²) in [6.07, 6.45) is 0. The lowest BCUT2D eigenvalue weighted by atomic mass is 10.0. The Bertz CT molecular complexity index is 1230. The van der Waals surface area contributed by atoms with E-state index in [2.05, 4.69) is 5.32 Å². The third-order valence-corrected chi connectivity index (χ3v) is 5.38. The van der Waals surface area contributed by atoms with Crippen LogP contribution in [0.1, 0.15) is 11.1 Å². The highest BCUT2D eigenvalue weighted by molar-refractivity contribution is 6.46. The standard InChI is InChI=1S/C25H21ClN2O4/c1-15-7-12-21(32-3)20(13-15)27-23-22(16-8-10-19(31-2)11-9-16)24(29)28(25(23)30)18-6-4-5-17(26)14-18/h4-14,27H,1-3H3. The van der Waals surface area contributed by atoms with Gasteiger partial charge in [-0.1, -0.05) is 35.9 Å². The maximum atomic E-state index is 13.5. The normalized spacial score (nSPS) is 13.6. The number of carbonyl (C=O) groups excluding carboxylic acids is 2. The van der Waals surface area contributed by atoms with Gasteiger partial charge in [-0.2, -0.15) is 0 Å². The molecular formula is C25H21ClN2O4. The number of rotatable bonds is 6. The van der Waals surface area contributed by atoms with E-state index >= 15 is 0 Å². The first-order chi connectivity index (χ1) is 15.4. The van der Waals surface area contributed by atoms with Gasteiger partial charge in [0.2, 0.25) is 0 Å². The van der Waals surface area contributed by atoms with E-state index in [0.29, 0.717) is 33.5 Å². The predicted octanol–water partition coefficient (Wildman–Crippen LogP) is 5.06. The van der Waals surface area contributed by atoms with Crippen molar-refractivity contribution in [2.75, 3.05) is 24.4 Å². The lowest BCUT2D eigenvalue weighted by Crippen LogP contribution is -2.32. The van der Waals surface area contributed by atoms with Crippen molar-refractivity contribution < 1.29 is 19.1 Å². The summed E-state index contributed by atoms with van der Waals surface area (Å²) in [7, 11) is 3.12. The van der Waals surface area contributed by atoms with Crippen LogP contribution in [0.25, 0.3) is 5.57 Å². The fraction of sp³-hybridized carbons (Fsp3) is 0.120. The molecule has 7 heteroatoms. The second-order valence-electron chi connectivity index (χ2n) is 7.23. The summed E-state index contributed by atoms with van der Waals surface area (Å²) in [6, 6.07) is 19.2. The lowest BCUT2D eigenvalue weighted by molar-refractivity contribution is -0.120. The highest BCUT2D eigenvalue weighted by Gasteiger charge is 2.40. The van der Waals surface area contributed by atoms with Crippen LogP contribution in [0.4, 0.5) is 11.4 Å². The molecule has 2 amide bonds. The molecule has 6 nitrogen and oxygen atoms in total. The predicted molar refractivity (Wildman–Crippen MR) is 125 cm³/mol. The molecule has 0 bridgehead atoms. The minimum absolute atomic E-state index is 0.157. The number of nitrogens with zero attached hydrogens (tertiary/aromatic N) is 1. The van der Waals surface area contributed by atoms with E-state index in [4.69, 9.17) is 21.1 Å². The molecule has 1 aliphatic rings. The lowest BCUT2D eigenvalue weighted by Gasteiger charge is -2.16. The van der Waals surface area contributed by atoms with Crippen LogP contribution in [0.5, 0.6) is 11.5 Å². The maximum absolute atomic E-state index is 13.5. The molecule has 0 unspecified atom stereocenters. The molecule has 0 saturated carbocycles. The largest absolute Gasteiger partial charge is 0.497 e. The second kappa shape index (κ2) is 8.77. The summed E-state index contributed by atoms with van der Waals surface area (Å²) in [4.78, 5) is 28.1. The number of nitrogens with one attached hydrogen (secondary N) is 1. The fourth-order valence-corrected chi connectivity index (χ4v) is 3.76.